The zero-order chi connectivity index (χ0) is 20.8. The SMILES string of the molecule is Cc1cccn2c(=O)c3c(nc12)CCN(C(=O)Nc1cccc(C(F)(F)F)c1)C3. The summed E-state index contributed by atoms with van der Waals surface area (Å²) in [6, 6.07) is 7.48. The fourth-order valence-corrected chi connectivity index (χ4v) is 3.40. The fourth-order valence-electron chi connectivity index (χ4n) is 3.40. The molecule has 0 fully saturated rings. The van der Waals surface area contributed by atoms with E-state index in [1.165, 1.54) is 21.4 Å². The van der Waals surface area contributed by atoms with Crippen molar-refractivity contribution in [3.63, 3.8) is 0 Å². The summed E-state index contributed by atoms with van der Waals surface area (Å²) in [5.41, 5.74) is 1.47. The average molecular weight is 402 g/mol. The Labute approximate surface area is 163 Å². The molecule has 0 saturated carbocycles. The Balaban J connectivity index is 1.59. The summed E-state index contributed by atoms with van der Waals surface area (Å²) in [5.74, 6) is 0. The van der Waals surface area contributed by atoms with Gasteiger partial charge in [-0.15, -0.1) is 0 Å². The first-order valence-electron chi connectivity index (χ1n) is 8.97. The highest BCUT2D eigenvalue weighted by Gasteiger charge is 2.31. The molecule has 1 aliphatic rings. The van der Waals surface area contributed by atoms with Crippen molar-refractivity contribution in [3.05, 3.63) is 75.3 Å². The van der Waals surface area contributed by atoms with Gasteiger partial charge in [-0.1, -0.05) is 12.1 Å². The van der Waals surface area contributed by atoms with Crippen molar-refractivity contribution >= 4 is 17.4 Å². The van der Waals surface area contributed by atoms with Gasteiger partial charge in [0.2, 0.25) is 0 Å². The van der Waals surface area contributed by atoms with Gasteiger partial charge in [-0.3, -0.25) is 9.20 Å². The van der Waals surface area contributed by atoms with Crippen LogP contribution in [0.25, 0.3) is 5.65 Å². The number of urea groups is 1. The maximum atomic E-state index is 12.9. The van der Waals surface area contributed by atoms with Crippen molar-refractivity contribution in [1.29, 1.82) is 0 Å². The molecule has 6 nitrogen and oxygen atoms in total. The van der Waals surface area contributed by atoms with E-state index in [4.69, 9.17) is 0 Å². The number of amides is 2. The van der Waals surface area contributed by atoms with Crippen molar-refractivity contribution in [2.24, 2.45) is 0 Å². The van der Waals surface area contributed by atoms with Crippen LogP contribution < -0.4 is 10.9 Å². The van der Waals surface area contributed by atoms with Gasteiger partial charge in [0.05, 0.1) is 23.4 Å². The van der Waals surface area contributed by atoms with Crippen LogP contribution in [0.1, 0.15) is 22.4 Å². The van der Waals surface area contributed by atoms with Gasteiger partial charge in [-0.2, -0.15) is 13.2 Å². The Morgan fingerprint density at radius 2 is 2.00 bits per heavy atom. The molecule has 2 aromatic heterocycles. The number of halogens is 3. The number of carbonyl (C=O) groups excluding carboxylic acids is 1. The Morgan fingerprint density at radius 3 is 2.76 bits per heavy atom. The second kappa shape index (κ2) is 6.91. The van der Waals surface area contributed by atoms with Gasteiger partial charge < -0.3 is 10.2 Å². The number of nitrogens with one attached hydrogen (secondary N) is 1. The maximum absolute atomic E-state index is 12.9. The molecule has 3 aromatic rings. The minimum atomic E-state index is -4.50. The van der Waals surface area contributed by atoms with Gasteiger partial charge in [-0.05, 0) is 36.8 Å². The molecule has 0 bridgehead atoms. The quantitative estimate of drug-likeness (QED) is 0.676. The fraction of sp³-hybridized carbons (Fsp3) is 0.250. The average Bonchev–Trinajstić information content (AvgIpc) is 2.68. The molecule has 150 valence electrons. The number of hydrogen-bond donors (Lipinski definition) is 1. The third kappa shape index (κ3) is 3.55. The van der Waals surface area contributed by atoms with E-state index in [1.54, 1.807) is 12.3 Å². The molecule has 2 amide bonds. The number of fused-ring (bicyclic) bond motifs is 2. The highest BCUT2D eigenvalue weighted by atomic mass is 19.4. The lowest BCUT2D eigenvalue weighted by atomic mass is 10.1. The van der Waals surface area contributed by atoms with Gasteiger partial charge >= 0.3 is 12.2 Å². The summed E-state index contributed by atoms with van der Waals surface area (Å²) in [6.45, 7) is 2.22. The van der Waals surface area contributed by atoms with Crippen LogP contribution in [0.4, 0.5) is 23.7 Å². The number of aromatic nitrogens is 2. The topological polar surface area (TPSA) is 66.7 Å². The first kappa shape index (κ1) is 19.0. The van der Waals surface area contributed by atoms with E-state index in [0.29, 0.717) is 29.9 Å². The summed E-state index contributed by atoms with van der Waals surface area (Å²) < 4.78 is 40.0. The minimum absolute atomic E-state index is 0.0413. The van der Waals surface area contributed by atoms with Crippen LogP contribution in [0.5, 0.6) is 0 Å². The van der Waals surface area contributed by atoms with E-state index >= 15 is 0 Å². The number of carbonyl (C=O) groups is 1. The zero-order valence-corrected chi connectivity index (χ0v) is 15.5. The number of pyridine rings is 1. The van der Waals surface area contributed by atoms with Gasteiger partial charge in [0.15, 0.2) is 0 Å². The molecule has 1 aliphatic heterocycles. The lowest BCUT2D eigenvalue weighted by molar-refractivity contribution is -0.137. The predicted octanol–water partition coefficient (Wildman–Crippen LogP) is 3.61. The first-order valence-corrected chi connectivity index (χ1v) is 8.97. The van der Waals surface area contributed by atoms with E-state index in [2.05, 4.69) is 10.3 Å². The number of alkyl halides is 3. The van der Waals surface area contributed by atoms with Crippen molar-refractivity contribution < 1.29 is 18.0 Å². The Hall–Kier alpha value is -3.36. The standard InChI is InChI=1S/C20H17F3N4O2/c1-12-4-3-8-27-17(12)25-16-7-9-26(11-15(16)18(27)28)19(29)24-14-6-2-5-13(10-14)20(21,22)23/h2-6,8,10H,7,9,11H2,1H3,(H,24,29). The second-order valence-electron chi connectivity index (χ2n) is 6.91. The van der Waals surface area contributed by atoms with Crippen LogP contribution in [0.2, 0.25) is 0 Å². The molecule has 0 spiro atoms. The van der Waals surface area contributed by atoms with Gasteiger partial charge in [0.1, 0.15) is 5.65 Å². The van der Waals surface area contributed by atoms with Crippen LogP contribution in [0.3, 0.4) is 0 Å². The molecule has 0 aliphatic carbocycles. The van der Waals surface area contributed by atoms with Crippen molar-refractivity contribution in [2.75, 3.05) is 11.9 Å². The van der Waals surface area contributed by atoms with Crippen molar-refractivity contribution in [3.8, 4) is 0 Å². The highest BCUT2D eigenvalue weighted by Crippen LogP contribution is 2.30. The normalized spacial score (nSPS) is 14.0. The maximum Gasteiger partial charge on any atom is 0.416 e. The Kier molecular flexibility index (Phi) is 4.52. The van der Waals surface area contributed by atoms with Crippen molar-refractivity contribution in [2.45, 2.75) is 26.1 Å². The van der Waals surface area contributed by atoms with Crippen LogP contribution in [0, 0.1) is 6.92 Å². The largest absolute Gasteiger partial charge is 0.416 e. The Morgan fingerprint density at radius 1 is 1.21 bits per heavy atom. The molecular formula is C20H17F3N4O2. The van der Waals surface area contributed by atoms with E-state index in [-0.39, 0.29) is 17.8 Å². The van der Waals surface area contributed by atoms with E-state index in [1.807, 2.05) is 13.0 Å². The van der Waals surface area contributed by atoms with E-state index < -0.39 is 17.8 Å². The molecule has 0 saturated heterocycles. The third-order valence-corrected chi connectivity index (χ3v) is 4.92. The van der Waals surface area contributed by atoms with E-state index in [9.17, 15) is 22.8 Å². The molecule has 0 radical (unpaired) electrons. The molecule has 1 aromatic carbocycles. The first-order chi connectivity index (χ1) is 13.7. The third-order valence-electron chi connectivity index (χ3n) is 4.92. The summed E-state index contributed by atoms with van der Waals surface area (Å²) in [6.07, 6.45) is -2.48. The predicted molar refractivity (Wildman–Crippen MR) is 101 cm³/mol. The van der Waals surface area contributed by atoms with Crippen LogP contribution in [0.15, 0.2) is 47.4 Å². The lowest BCUT2D eigenvalue weighted by Crippen LogP contribution is -2.42. The molecular weight excluding hydrogens is 385 g/mol. The Bertz CT molecular complexity index is 1170. The zero-order valence-electron chi connectivity index (χ0n) is 15.5. The van der Waals surface area contributed by atoms with Gasteiger partial charge in [0.25, 0.3) is 5.56 Å². The number of aryl methyl sites for hydroxylation is 1. The van der Waals surface area contributed by atoms with Crippen molar-refractivity contribution in [1.82, 2.24) is 14.3 Å². The molecule has 9 heteroatoms. The van der Waals surface area contributed by atoms with Crippen LogP contribution >= 0.6 is 0 Å². The number of rotatable bonds is 1. The van der Waals surface area contributed by atoms with E-state index in [0.717, 1.165) is 17.7 Å². The monoisotopic (exact) mass is 402 g/mol. The van der Waals surface area contributed by atoms with Gasteiger partial charge in [0, 0.05) is 24.8 Å². The molecule has 0 atom stereocenters. The molecule has 1 N–H and O–H groups in total. The molecule has 29 heavy (non-hydrogen) atoms. The minimum Gasteiger partial charge on any atom is -0.320 e. The van der Waals surface area contributed by atoms with Crippen LogP contribution in [-0.2, 0) is 19.1 Å². The molecule has 4 rings (SSSR count). The molecule has 0 unspecified atom stereocenters. The number of anilines is 1. The van der Waals surface area contributed by atoms with Gasteiger partial charge in [-0.25, -0.2) is 9.78 Å². The smallest absolute Gasteiger partial charge is 0.320 e. The summed E-state index contributed by atoms with van der Waals surface area (Å²) in [7, 11) is 0. The summed E-state index contributed by atoms with van der Waals surface area (Å²) in [5, 5.41) is 2.48. The summed E-state index contributed by atoms with van der Waals surface area (Å²) in [4.78, 5) is 31.4. The molecule has 3 heterocycles. The summed E-state index contributed by atoms with van der Waals surface area (Å²) >= 11 is 0. The highest BCUT2D eigenvalue weighted by molar-refractivity contribution is 5.89. The second-order valence-corrected chi connectivity index (χ2v) is 6.91. The number of nitrogens with zero attached hydrogens (tertiary/aromatic N) is 3. The van der Waals surface area contributed by atoms with Crippen LogP contribution in [-0.4, -0.2) is 26.9 Å². The number of benzene rings is 1. The number of hydrogen-bond acceptors (Lipinski definition) is 3. The lowest BCUT2D eigenvalue weighted by Gasteiger charge is -2.28.